The number of hydrogen-bond donors (Lipinski definition) is 0. The first-order valence-corrected chi connectivity index (χ1v) is 14.3. The zero-order valence-corrected chi connectivity index (χ0v) is 21.7. The molecule has 0 aromatic carbocycles. The van der Waals surface area contributed by atoms with Gasteiger partial charge in [0.25, 0.3) is 0 Å². The lowest BCUT2D eigenvalue weighted by atomic mass is 9.90. The molecule has 0 amide bonds. The van der Waals surface area contributed by atoms with Crippen LogP contribution in [-0.4, -0.2) is 35.9 Å². The van der Waals surface area contributed by atoms with Gasteiger partial charge >= 0.3 is 0 Å². The van der Waals surface area contributed by atoms with Gasteiger partial charge in [-0.05, 0) is 72.0 Å². The molecule has 1 aromatic rings. The van der Waals surface area contributed by atoms with Crippen LogP contribution in [0.5, 0.6) is 0 Å². The molecule has 2 aliphatic heterocycles. The first-order chi connectivity index (χ1) is 13.7. The normalized spacial score (nSPS) is 25.1. The maximum Gasteiger partial charge on any atom is 0.192 e. The molecule has 2 fully saturated rings. The van der Waals surface area contributed by atoms with Crippen LogP contribution in [0.1, 0.15) is 97.2 Å². The van der Waals surface area contributed by atoms with Crippen LogP contribution < -0.4 is 0 Å². The Morgan fingerprint density at radius 3 is 2.20 bits per heavy atom. The highest BCUT2D eigenvalue weighted by atomic mass is 28.4. The first-order valence-electron chi connectivity index (χ1n) is 11.4. The van der Waals surface area contributed by atoms with Crippen molar-refractivity contribution in [1.29, 1.82) is 0 Å². The zero-order chi connectivity index (χ0) is 22.5. The van der Waals surface area contributed by atoms with Crippen molar-refractivity contribution in [2.24, 2.45) is 0 Å². The topological polar surface area (TPSA) is 54.7 Å². The summed E-state index contributed by atoms with van der Waals surface area (Å²) in [5.74, 6) is 0. The van der Waals surface area contributed by atoms with E-state index in [0.29, 0.717) is 6.61 Å². The Morgan fingerprint density at radius 1 is 1.10 bits per heavy atom. The molecule has 30 heavy (non-hydrogen) atoms. The standard InChI is InChI=1S/C23H42N2O4Si/c1-16-19(20-28-22(5,6)23(7,8)29-20)17(15-27-30(9,10)21(2,3)4)24-25(16)18-13-11-12-14-26-18/h18,20H,11-15H2,1-10H3. The van der Waals surface area contributed by atoms with Crippen LogP contribution in [0, 0.1) is 6.92 Å². The smallest absolute Gasteiger partial charge is 0.192 e. The first kappa shape index (κ1) is 23.9. The molecule has 0 aliphatic carbocycles. The summed E-state index contributed by atoms with van der Waals surface area (Å²) in [6.45, 7) is 23.0. The molecule has 3 heterocycles. The predicted octanol–water partition coefficient (Wildman–Crippen LogP) is 6.02. The van der Waals surface area contributed by atoms with Gasteiger partial charge in [-0.15, -0.1) is 0 Å². The van der Waals surface area contributed by atoms with E-state index in [0.717, 1.165) is 42.8 Å². The largest absolute Gasteiger partial charge is 0.411 e. The van der Waals surface area contributed by atoms with Crippen molar-refractivity contribution in [2.45, 2.75) is 123 Å². The lowest BCUT2D eigenvalue weighted by Crippen LogP contribution is -2.41. The summed E-state index contributed by atoms with van der Waals surface area (Å²) < 4.78 is 27.4. The highest BCUT2D eigenvalue weighted by Crippen LogP contribution is 2.47. The summed E-state index contributed by atoms with van der Waals surface area (Å²) in [4.78, 5) is 0. The monoisotopic (exact) mass is 438 g/mol. The third-order valence-electron chi connectivity index (χ3n) is 7.57. The summed E-state index contributed by atoms with van der Waals surface area (Å²) in [6, 6.07) is 0. The van der Waals surface area contributed by atoms with Crippen LogP contribution in [0.25, 0.3) is 0 Å². The Morgan fingerprint density at radius 2 is 1.70 bits per heavy atom. The maximum atomic E-state index is 6.55. The fourth-order valence-electron chi connectivity index (χ4n) is 3.63. The van der Waals surface area contributed by atoms with Gasteiger partial charge in [-0.3, -0.25) is 0 Å². The SMILES string of the molecule is Cc1c(C2OC(C)(C)C(C)(C)O2)c(CO[Si](C)(C)C(C)(C)C)nn1C1CCCCO1. The number of nitrogens with zero attached hydrogens (tertiary/aromatic N) is 2. The molecular formula is C23H42N2O4Si. The van der Waals surface area contributed by atoms with Crippen LogP contribution in [0.4, 0.5) is 0 Å². The minimum atomic E-state index is -1.92. The van der Waals surface area contributed by atoms with Gasteiger partial charge in [0.15, 0.2) is 14.6 Å². The lowest BCUT2D eigenvalue weighted by molar-refractivity contribution is -0.0912. The van der Waals surface area contributed by atoms with E-state index in [4.69, 9.17) is 23.7 Å². The minimum Gasteiger partial charge on any atom is -0.411 e. The van der Waals surface area contributed by atoms with E-state index in [1.54, 1.807) is 0 Å². The minimum absolute atomic E-state index is 0.0263. The van der Waals surface area contributed by atoms with Gasteiger partial charge in [0.05, 0.1) is 29.1 Å². The van der Waals surface area contributed by atoms with Gasteiger partial charge in [0.2, 0.25) is 0 Å². The number of aromatic nitrogens is 2. The van der Waals surface area contributed by atoms with Crippen molar-refractivity contribution >= 4 is 8.32 Å². The second kappa shape index (κ2) is 8.00. The van der Waals surface area contributed by atoms with E-state index in [2.05, 4.69) is 68.5 Å². The third-order valence-corrected chi connectivity index (χ3v) is 12.0. The molecule has 0 saturated carbocycles. The van der Waals surface area contributed by atoms with Gasteiger partial charge in [0, 0.05) is 12.3 Å². The molecule has 1 atom stereocenters. The highest BCUT2D eigenvalue weighted by Gasteiger charge is 2.51. The average Bonchev–Trinajstić information content (AvgIpc) is 3.05. The van der Waals surface area contributed by atoms with Gasteiger partial charge in [-0.1, -0.05) is 20.8 Å². The van der Waals surface area contributed by atoms with Crippen LogP contribution in [-0.2, 0) is 25.2 Å². The van der Waals surface area contributed by atoms with Crippen LogP contribution in [0.3, 0.4) is 0 Å². The Kier molecular flexibility index (Phi) is 6.38. The number of rotatable bonds is 5. The summed E-state index contributed by atoms with van der Waals surface area (Å²) in [5, 5.41) is 5.13. The van der Waals surface area contributed by atoms with Crippen LogP contribution in [0.15, 0.2) is 0 Å². The molecule has 0 spiro atoms. The Balaban J connectivity index is 1.96. The van der Waals surface area contributed by atoms with Crippen molar-refractivity contribution in [3.8, 4) is 0 Å². The quantitative estimate of drug-likeness (QED) is 0.527. The maximum absolute atomic E-state index is 6.55. The second-order valence-electron chi connectivity index (χ2n) is 11.3. The van der Waals surface area contributed by atoms with Crippen molar-refractivity contribution in [2.75, 3.05) is 6.61 Å². The molecule has 172 valence electrons. The van der Waals surface area contributed by atoms with E-state index < -0.39 is 25.8 Å². The van der Waals surface area contributed by atoms with Crippen LogP contribution >= 0.6 is 0 Å². The summed E-state index contributed by atoms with van der Waals surface area (Å²) in [7, 11) is -1.92. The summed E-state index contributed by atoms with van der Waals surface area (Å²) in [5.41, 5.74) is 2.16. The number of hydrogen-bond acceptors (Lipinski definition) is 5. The molecular weight excluding hydrogens is 396 g/mol. The molecule has 2 aliphatic rings. The molecule has 0 radical (unpaired) electrons. The summed E-state index contributed by atoms with van der Waals surface area (Å²) >= 11 is 0. The van der Waals surface area contributed by atoms with Crippen LogP contribution in [0.2, 0.25) is 18.1 Å². The predicted molar refractivity (Wildman–Crippen MR) is 121 cm³/mol. The molecule has 0 N–H and O–H groups in total. The fourth-order valence-corrected chi connectivity index (χ4v) is 4.56. The fraction of sp³-hybridized carbons (Fsp3) is 0.870. The van der Waals surface area contributed by atoms with Gasteiger partial charge < -0.3 is 18.6 Å². The van der Waals surface area contributed by atoms with E-state index in [1.165, 1.54) is 0 Å². The van der Waals surface area contributed by atoms with Crippen molar-refractivity contribution in [3.05, 3.63) is 17.0 Å². The molecule has 2 saturated heterocycles. The molecule has 0 bridgehead atoms. The van der Waals surface area contributed by atoms with Crippen molar-refractivity contribution < 1.29 is 18.6 Å². The van der Waals surface area contributed by atoms with Gasteiger partial charge in [0.1, 0.15) is 6.23 Å². The third kappa shape index (κ3) is 4.42. The lowest BCUT2D eigenvalue weighted by Gasteiger charge is -2.36. The molecule has 3 rings (SSSR count). The van der Waals surface area contributed by atoms with E-state index in [9.17, 15) is 0 Å². The highest BCUT2D eigenvalue weighted by molar-refractivity contribution is 6.74. The average molecular weight is 439 g/mol. The molecule has 1 aromatic heterocycles. The summed E-state index contributed by atoms with van der Waals surface area (Å²) in [6.07, 6.45) is 2.77. The Bertz CT molecular complexity index is 742. The van der Waals surface area contributed by atoms with E-state index >= 15 is 0 Å². The van der Waals surface area contributed by atoms with Crippen molar-refractivity contribution in [1.82, 2.24) is 9.78 Å². The number of ether oxygens (including phenoxy) is 3. The molecule has 1 unspecified atom stereocenters. The van der Waals surface area contributed by atoms with Gasteiger partial charge in [-0.2, -0.15) is 5.10 Å². The Hall–Kier alpha value is -0.733. The zero-order valence-electron chi connectivity index (χ0n) is 20.7. The second-order valence-corrected chi connectivity index (χ2v) is 16.2. The van der Waals surface area contributed by atoms with Gasteiger partial charge in [-0.25, -0.2) is 4.68 Å². The Labute approximate surface area is 183 Å². The van der Waals surface area contributed by atoms with E-state index in [-0.39, 0.29) is 11.3 Å². The van der Waals surface area contributed by atoms with Crippen molar-refractivity contribution in [3.63, 3.8) is 0 Å². The molecule has 6 nitrogen and oxygen atoms in total. The van der Waals surface area contributed by atoms with E-state index in [1.807, 2.05) is 4.68 Å². The molecule has 7 heteroatoms.